The van der Waals surface area contributed by atoms with Gasteiger partial charge in [0.1, 0.15) is 5.82 Å². The summed E-state index contributed by atoms with van der Waals surface area (Å²) in [4.78, 5) is 23.3. The molecule has 2 aromatic rings. The summed E-state index contributed by atoms with van der Waals surface area (Å²) in [6.45, 7) is 1.09. The number of benzene rings is 1. The van der Waals surface area contributed by atoms with Crippen LogP contribution in [-0.2, 0) is 6.54 Å². The van der Waals surface area contributed by atoms with E-state index in [-0.39, 0.29) is 5.69 Å². The summed E-state index contributed by atoms with van der Waals surface area (Å²) in [5.41, 5.74) is 1.61. The van der Waals surface area contributed by atoms with E-state index in [0.29, 0.717) is 23.9 Å². The van der Waals surface area contributed by atoms with Gasteiger partial charge in [0.25, 0.3) is 5.69 Å². The Balaban J connectivity index is 1.97. The van der Waals surface area contributed by atoms with Gasteiger partial charge in [-0.1, -0.05) is 23.4 Å². The van der Waals surface area contributed by atoms with Crippen LogP contribution in [0.1, 0.15) is 5.56 Å². The highest BCUT2D eigenvalue weighted by molar-refractivity contribution is 7.98. The SMILES string of the molecule is CSc1ncc2c(n1)N(C)CN(c1cc([N+](=O)[O-])ccc1Cl)C2. The number of nitro benzene ring substituents is 1. The second-order valence-corrected chi connectivity index (χ2v) is 6.32. The third kappa shape index (κ3) is 3.04. The third-order valence-corrected chi connectivity index (χ3v) is 4.47. The van der Waals surface area contributed by atoms with Gasteiger partial charge in [-0.05, 0) is 12.3 Å². The predicted molar refractivity (Wildman–Crippen MR) is 91.4 cm³/mol. The van der Waals surface area contributed by atoms with Crippen molar-refractivity contribution in [1.82, 2.24) is 9.97 Å². The van der Waals surface area contributed by atoms with E-state index < -0.39 is 4.92 Å². The fourth-order valence-electron chi connectivity index (χ4n) is 2.52. The summed E-state index contributed by atoms with van der Waals surface area (Å²) in [5.74, 6) is 0.877. The predicted octanol–water partition coefficient (Wildman–Crippen LogP) is 3.17. The Kier molecular flexibility index (Phi) is 4.27. The molecule has 0 N–H and O–H groups in total. The normalized spacial score (nSPS) is 13.9. The minimum absolute atomic E-state index is 0.0202. The number of nitrogens with zero attached hydrogens (tertiary/aromatic N) is 5. The van der Waals surface area contributed by atoms with E-state index in [0.717, 1.165) is 16.5 Å². The Morgan fingerprint density at radius 1 is 1.43 bits per heavy atom. The molecule has 0 amide bonds. The molecule has 0 spiro atoms. The van der Waals surface area contributed by atoms with Crippen molar-refractivity contribution in [3.8, 4) is 0 Å². The molecular weight excluding hydrogens is 338 g/mol. The summed E-state index contributed by atoms with van der Waals surface area (Å²) < 4.78 is 0. The number of hydrogen-bond donors (Lipinski definition) is 0. The van der Waals surface area contributed by atoms with E-state index in [1.165, 1.54) is 23.9 Å². The van der Waals surface area contributed by atoms with Crippen molar-refractivity contribution in [2.75, 3.05) is 29.8 Å². The molecule has 0 bridgehead atoms. The van der Waals surface area contributed by atoms with Gasteiger partial charge in [-0.3, -0.25) is 10.1 Å². The standard InChI is InChI=1S/C14H14ClN5O2S/c1-18-8-19(7-9-6-16-14(23-2)17-13(9)18)12-5-10(20(21)22)3-4-11(12)15/h3-6H,7-8H2,1-2H3. The minimum atomic E-state index is -0.421. The molecule has 0 saturated carbocycles. The molecule has 1 aliphatic heterocycles. The first-order valence-electron chi connectivity index (χ1n) is 6.79. The molecule has 23 heavy (non-hydrogen) atoms. The molecule has 0 saturated heterocycles. The van der Waals surface area contributed by atoms with E-state index in [1.54, 1.807) is 12.3 Å². The molecule has 0 unspecified atom stereocenters. The van der Waals surface area contributed by atoms with E-state index in [9.17, 15) is 10.1 Å². The zero-order valence-corrected chi connectivity index (χ0v) is 14.1. The van der Waals surface area contributed by atoms with E-state index in [4.69, 9.17) is 11.6 Å². The van der Waals surface area contributed by atoms with Crippen LogP contribution in [0.15, 0.2) is 29.6 Å². The summed E-state index contributed by atoms with van der Waals surface area (Å²) in [5, 5.41) is 12.2. The zero-order valence-electron chi connectivity index (χ0n) is 12.6. The van der Waals surface area contributed by atoms with Crippen LogP contribution in [0.3, 0.4) is 0 Å². The van der Waals surface area contributed by atoms with Crippen LogP contribution in [-0.4, -0.2) is 34.9 Å². The Hall–Kier alpha value is -2.06. The lowest BCUT2D eigenvalue weighted by molar-refractivity contribution is -0.384. The van der Waals surface area contributed by atoms with Crippen molar-refractivity contribution in [3.63, 3.8) is 0 Å². The van der Waals surface area contributed by atoms with E-state index >= 15 is 0 Å². The van der Waals surface area contributed by atoms with Crippen LogP contribution >= 0.6 is 23.4 Å². The highest BCUT2D eigenvalue weighted by Crippen LogP contribution is 2.34. The lowest BCUT2D eigenvalue weighted by atomic mass is 10.2. The number of aromatic nitrogens is 2. The molecule has 0 aliphatic carbocycles. The van der Waals surface area contributed by atoms with Crippen molar-refractivity contribution in [1.29, 1.82) is 0 Å². The van der Waals surface area contributed by atoms with Crippen LogP contribution in [0.2, 0.25) is 5.02 Å². The van der Waals surface area contributed by atoms with Crippen molar-refractivity contribution < 1.29 is 4.92 Å². The molecule has 9 heteroatoms. The average molecular weight is 352 g/mol. The van der Waals surface area contributed by atoms with Crippen molar-refractivity contribution in [3.05, 3.63) is 45.1 Å². The van der Waals surface area contributed by atoms with Gasteiger partial charge in [0.15, 0.2) is 5.16 Å². The largest absolute Gasteiger partial charge is 0.348 e. The van der Waals surface area contributed by atoms with Gasteiger partial charge < -0.3 is 9.80 Å². The highest BCUT2D eigenvalue weighted by Gasteiger charge is 2.25. The lowest BCUT2D eigenvalue weighted by Crippen LogP contribution is -2.41. The first-order chi connectivity index (χ1) is 11.0. The van der Waals surface area contributed by atoms with Gasteiger partial charge in [0, 0.05) is 37.5 Å². The summed E-state index contributed by atoms with van der Waals surface area (Å²) in [6.07, 6.45) is 3.72. The summed E-state index contributed by atoms with van der Waals surface area (Å²) in [6, 6.07) is 4.46. The third-order valence-electron chi connectivity index (χ3n) is 3.59. The smallest absolute Gasteiger partial charge is 0.271 e. The average Bonchev–Trinajstić information content (AvgIpc) is 2.54. The van der Waals surface area contributed by atoms with Gasteiger partial charge in [0.2, 0.25) is 0 Å². The second kappa shape index (κ2) is 6.21. The number of thioether (sulfide) groups is 1. The number of nitro groups is 1. The van der Waals surface area contributed by atoms with Crippen LogP contribution in [0, 0.1) is 10.1 Å². The molecule has 0 atom stereocenters. The Labute approximate surface area is 142 Å². The van der Waals surface area contributed by atoms with Crippen LogP contribution < -0.4 is 9.80 Å². The molecule has 1 aromatic carbocycles. The molecular formula is C14H14ClN5O2S. The number of halogens is 1. The van der Waals surface area contributed by atoms with Gasteiger partial charge in [-0.15, -0.1) is 0 Å². The monoisotopic (exact) mass is 351 g/mol. The minimum Gasteiger partial charge on any atom is -0.348 e. The molecule has 1 aliphatic rings. The zero-order chi connectivity index (χ0) is 16.6. The number of fused-ring (bicyclic) bond motifs is 1. The fourth-order valence-corrected chi connectivity index (χ4v) is 3.09. The van der Waals surface area contributed by atoms with Crippen LogP contribution in [0.5, 0.6) is 0 Å². The Bertz CT molecular complexity index is 773. The molecule has 2 heterocycles. The van der Waals surface area contributed by atoms with Crippen molar-refractivity contribution in [2.45, 2.75) is 11.7 Å². The maximum Gasteiger partial charge on any atom is 0.271 e. The molecule has 3 rings (SSSR count). The van der Waals surface area contributed by atoms with Gasteiger partial charge in [-0.2, -0.15) is 0 Å². The fraction of sp³-hybridized carbons (Fsp3) is 0.286. The van der Waals surface area contributed by atoms with Crippen molar-refractivity contribution in [2.24, 2.45) is 0 Å². The summed E-state index contributed by atoms with van der Waals surface area (Å²) >= 11 is 7.73. The number of hydrogen-bond acceptors (Lipinski definition) is 7. The summed E-state index contributed by atoms with van der Waals surface area (Å²) in [7, 11) is 1.92. The quantitative estimate of drug-likeness (QED) is 0.364. The maximum atomic E-state index is 11.0. The molecule has 0 radical (unpaired) electrons. The lowest BCUT2D eigenvalue weighted by Gasteiger charge is -2.36. The first-order valence-corrected chi connectivity index (χ1v) is 8.40. The molecule has 7 nitrogen and oxygen atoms in total. The highest BCUT2D eigenvalue weighted by atomic mass is 35.5. The number of rotatable bonds is 3. The Morgan fingerprint density at radius 3 is 2.91 bits per heavy atom. The molecule has 120 valence electrons. The first kappa shape index (κ1) is 15.8. The van der Waals surface area contributed by atoms with E-state index in [1.807, 2.05) is 23.1 Å². The van der Waals surface area contributed by atoms with Crippen LogP contribution in [0.4, 0.5) is 17.2 Å². The molecule has 1 aromatic heterocycles. The van der Waals surface area contributed by atoms with Crippen molar-refractivity contribution >= 4 is 40.6 Å². The van der Waals surface area contributed by atoms with E-state index in [2.05, 4.69) is 9.97 Å². The van der Waals surface area contributed by atoms with Gasteiger partial charge in [-0.25, -0.2) is 9.97 Å². The van der Waals surface area contributed by atoms with Crippen LogP contribution in [0.25, 0.3) is 0 Å². The second-order valence-electron chi connectivity index (χ2n) is 5.14. The van der Waals surface area contributed by atoms with Gasteiger partial charge >= 0.3 is 0 Å². The maximum absolute atomic E-state index is 11.0. The molecule has 0 fully saturated rings. The van der Waals surface area contributed by atoms with Gasteiger partial charge in [0.05, 0.1) is 22.3 Å². The number of anilines is 2. The number of non-ortho nitro benzene ring substituents is 1. The topological polar surface area (TPSA) is 75.4 Å². The Morgan fingerprint density at radius 2 is 2.22 bits per heavy atom.